The fraction of sp³-hybridized carbons (Fsp3) is 0.583. The van der Waals surface area contributed by atoms with Crippen molar-refractivity contribution in [3.63, 3.8) is 0 Å². The molecule has 1 aromatic rings. The maximum absolute atomic E-state index is 11.0. The number of halogens is 1. The van der Waals surface area contributed by atoms with Crippen molar-refractivity contribution < 1.29 is 4.92 Å². The second-order valence-electron chi connectivity index (χ2n) is 4.75. The Labute approximate surface area is 119 Å². The summed E-state index contributed by atoms with van der Waals surface area (Å²) < 4.78 is 0.649. The van der Waals surface area contributed by atoms with Crippen molar-refractivity contribution in [2.75, 3.05) is 0 Å². The smallest absolute Gasteiger partial charge is 0.258 e. The number of nitrogens with zero attached hydrogens (tertiary/aromatic N) is 2. The summed E-state index contributed by atoms with van der Waals surface area (Å²) in [5, 5.41) is 12.0. The van der Waals surface area contributed by atoms with Gasteiger partial charge in [0.1, 0.15) is 0 Å². The average molecular weight is 331 g/mol. The van der Waals surface area contributed by atoms with Gasteiger partial charge in [-0.1, -0.05) is 31.5 Å². The van der Waals surface area contributed by atoms with Gasteiger partial charge in [0, 0.05) is 22.0 Å². The van der Waals surface area contributed by atoms with Gasteiger partial charge >= 0.3 is 5.69 Å². The van der Waals surface area contributed by atoms with Crippen molar-refractivity contribution in [2.24, 2.45) is 5.92 Å². The Bertz CT molecular complexity index is 456. The minimum absolute atomic E-state index is 0.104. The Balaban J connectivity index is 2.15. The largest absolute Gasteiger partial charge is 0.302 e. The van der Waals surface area contributed by atoms with E-state index in [0.29, 0.717) is 20.7 Å². The van der Waals surface area contributed by atoms with Crippen LogP contribution in [0.15, 0.2) is 21.8 Å². The standard InChI is InChI=1S/C12H15BrN2O2S/c1-8-3-2-4-10(5-8)18-12-11(15(16)17)6-9(13)7-14-12/h6-8,10H,2-5H2,1H3. The molecule has 0 aliphatic heterocycles. The normalized spacial score (nSPS) is 23.9. The van der Waals surface area contributed by atoms with Crippen LogP contribution in [0.2, 0.25) is 0 Å². The predicted molar refractivity (Wildman–Crippen MR) is 75.9 cm³/mol. The molecule has 2 rings (SSSR count). The van der Waals surface area contributed by atoms with E-state index in [-0.39, 0.29) is 10.6 Å². The molecule has 0 amide bonds. The van der Waals surface area contributed by atoms with Crippen LogP contribution in [0.25, 0.3) is 0 Å². The van der Waals surface area contributed by atoms with E-state index in [2.05, 4.69) is 27.8 Å². The lowest BCUT2D eigenvalue weighted by Crippen LogP contribution is -2.15. The van der Waals surface area contributed by atoms with E-state index >= 15 is 0 Å². The molecular formula is C12H15BrN2O2S. The second kappa shape index (κ2) is 6.02. The number of rotatable bonds is 3. The Morgan fingerprint density at radius 3 is 3.00 bits per heavy atom. The minimum atomic E-state index is -0.355. The fourth-order valence-electron chi connectivity index (χ4n) is 2.28. The van der Waals surface area contributed by atoms with Gasteiger partial charge in [-0.15, -0.1) is 0 Å². The molecule has 0 saturated heterocycles. The van der Waals surface area contributed by atoms with E-state index in [9.17, 15) is 10.1 Å². The minimum Gasteiger partial charge on any atom is -0.258 e. The first-order valence-corrected chi connectivity index (χ1v) is 7.70. The lowest BCUT2D eigenvalue weighted by atomic mass is 9.91. The van der Waals surface area contributed by atoms with E-state index in [4.69, 9.17) is 0 Å². The van der Waals surface area contributed by atoms with Crippen LogP contribution in [0.1, 0.15) is 32.6 Å². The zero-order chi connectivity index (χ0) is 13.1. The van der Waals surface area contributed by atoms with Crippen molar-refractivity contribution in [1.29, 1.82) is 0 Å². The molecule has 1 aromatic heterocycles. The van der Waals surface area contributed by atoms with Crippen LogP contribution in [0, 0.1) is 16.0 Å². The van der Waals surface area contributed by atoms with Crippen LogP contribution >= 0.6 is 27.7 Å². The molecular weight excluding hydrogens is 316 g/mol. The quantitative estimate of drug-likeness (QED) is 0.607. The SMILES string of the molecule is CC1CCCC(Sc2ncc(Br)cc2[N+](=O)[O-])C1. The lowest BCUT2D eigenvalue weighted by molar-refractivity contribution is -0.388. The molecule has 1 heterocycles. The summed E-state index contributed by atoms with van der Waals surface area (Å²) in [6.45, 7) is 2.25. The summed E-state index contributed by atoms with van der Waals surface area (Å²) in [7, 11) is 0. The van der Waals surface area contributed by atoms with Crippen molar-refractivity contribution in [3.8, 4) is 0 Å². The van der Waals surface area contributed by atoms with Gasteiger partial charge in [-0.05, 0) is 34.7 Å². The summed E-state index contributed by atoms with van der Waals surface area (Å²) in [5.74, 6) is 0.714. The number of thioether (sulfide) groups is 1. The average Bonchev–Trinajstić information content (AvgIpc) is 2.31. The van der Waals surface area contributed by atoms with E-state index in [1.54, 1.807) is 18.0 Å². The van der Waals surface area contributed by atoms with Gasteiger partial charge in [0.2, 0.25) is 0 Å². The Morgan fingerprint density at radius 2 is 2.33 bits per heavy atom. The van der Waals surface area contributed by atoms with Crippen LogP contribution in [-0.2, 0) is 0 Å². The van der Waals surface area contributed by atoms with Crippen LogP contribution in [0.4, 0.5) is 5.69 Å². The van der Waals surface area contributed by atoms with Crippen molar-refractivity contribution in [3.05, 3.63) is 26.9 Å². The molecule has 0 bridgehead atoms. The summed E-state index contributed by atoms with van der Waals surface area (Å²) in [5.41, 5.74) is 0.104. The highest BCUT2D eigenvalue weighted by atomic mass is 79.9. The molecule has 1 aliphatic carbocycles. The summed E-state index contributed by atoms with van der Waals surface area (Å²) in [4.78, 5) is 14.8. The van der Waals surface area contributed by atoms with Crippen LogP contribution < -0.4 is 0 Å². The first kappa shape index (κ1) is 13.8. The highest BCUT2D eigenvalue weighted by molar-refractivity contribution is 9.10. The molecule has 1 aliphatic rings. The van der Waals surface area contributed by atoms with Crippen molar-refractivity contribution in [1.82, 2.24) is 4.98 Å². The Morgan fingerprint density at radius 1 is 1.56 bits per heavy atom. The summed E-state index contributed by atoms with van der Waals surface area (Å²) in [6, 6.07) is 1.53. The van der Waals surface area contributed by atoms with Gasteiger partial charge in [-0.3, -0.25) is 10.1 Å². The number of hydrogen-bond acceptors (Lipinski definition) is 4. The number of nitro groups is 1. The summed E-state index contributed by atoms with van der Waals surface area (Å²) >= 11 is 4.78. The van der Waals surface area contributed by atoms with E-state index < -0.39 is 0 Å². The van der Waals surface area contributed by atoms with Crippen molar-refractivity contribution >= 4 is 33.4 Å². The Hall–Kier alpha value is -0.620. The summed E-state index contributed by atoms with van der Waals surface area (Å²) in [6.07, 6.45) is 6.36. The third-order valence-corrected chi connectivity index (χ3v) is 4.90. The van der Waals surface area contributed by atoms with E-state index in [1.807, 2.05) is 0 Å². The molecule has 18 heavy (non-hydrogen) atoms. The first-order valence-electron chi connectivity index (χ1n) is 6.03. The van der Waals surface area contributed by atoms with Crippen molar-refractivity contribution in [2.45, 2.75) is 42.9 Å². The van der Waals surface area contributed by atoms with Gasteiger partial charge in [-0.2, -0.15) is 0 Å². The van der Waals surface area contributed by atoms with E-state index in [0.717, 1.165) is 12.8 Å². The van der Waals surface area contributed by atoms with Gasteiger partial charge in [0.05, 0.1) is 4.92 Å². The van der Waals surface area contributed by atoms with Gasteiger partial charge in [-0.25, -0.2) is 4.98 Å². The maximum Gasteiger partial charge on any atom is 0.302 e. The fourth-order valence-corrected chi connectivity index (χ4v) is 3.99. The number of pyridine rings is 1. The van der Waals surface area contributed by atoms with E-state index in [1.165, 1.54) is 18.9 Å². The molecule has 0 spiro atoms. The molecule has 0 radical (unpaired) electrons. The van der Waals surface area contributed by atoms with Crippen LogP contribution in [-0.4, -0.2) is 15.2 Å². The highest BCUT2D eigenvalue weighted by Crippen LogP contribution is 2.39. The number of aromatic nitrogens is 1. The maximum atomic E-state index is 11.0. The molecule has 0 N–H and O–H groups in total. The molecule has 4 nitrogen and oxygen atoms in total. The van der Waals surface area contributed by atoms with Crippen LogP contribution in [0.3, 0.4) is 0 Å². The predicted octanol–water partition coefficient (Wildman–Crippen LogP) is 4.42. The molecule has 0 aromatic carbocycles. The van der Waals surface area contributed by atoms with Gasteiger partial charge < -0.3 is 0 Å². The second-order valence-corrected chi connectivity index (χ2v) is 6.95. The zero-order valence-electron chi connectivity index (χ0n) is 10.1. The third-order valence-electron chi connectivity index (χ3n) is 3.16. The molecule has 1 saturated carbocycles. The van der Waals surface area contributed by atoms with Gasteiger partial charge in [0.15, 0.2) is 5.03 Å². The molecule has 1 fully saturated rings. The Kier molecular flexibility index (Phi) is 4.61. The number of hydrogen-bond donors (Lipinski definition) is 0. The highest BCUT2D eigenvalue weighted by Gasteiger charge is 2.24. The topological polar surface area (TPSA) is 56.0 Å². The third kappa shape index (κ3) is 3.45. The molecule has 98 valence electrons. The lowest BCUT2D eigenvalue weighted by Gasteiger charge is -2.25. The molecule has 2 unspecified atom stereocenters. The van der Waals surface area contributed by atoms with Gasteiger partial charge in [0.25, 0.3) is 0 Å². The van der Waals surface area contributed by atoms with Crippen LogP contribution in [0.5, 0.6) is 0 Å². The molecule has 2 atom stereocenters. The molecule has 6 heteroatoms. The zero-order valence-corrected chi connectivity index (χ0v) is 12.5. The monoisotopic (exact) mass is 330 g/mol. The first-order chi connectivity index (χ1) is 8.56.